The Morgan fingerprint density at radius 3 is 2.73 bits per heavy atom. The zero-order valence-corrected chi connectivity index (χ0v) is 5.26. The lowest BCUT2D eigenvalue weighted by molar-refractivity contribution is -0.142. The van der Waals surface area contributed by atoms with Crippen LogP contribution in [0.3, 0.4) is 0 Å². The van der Waals surface area contributed by atoms with Gasteiger partial charge in [-0.25, -0.2) is 4.79 Å². The van der Waals surface area contributed by atoms with Crippen molar-refractivity contribution in [2.45, 2.75) is 6.04 Å². The number of aliphatic hydroxyl groups is 1. The molecule has 1 heterocycles. The van der Waals surface area contributed by atoms with E-state index in [1.165, 1.54) is 0 Å². The summed E-state index contributed by atoms with van der Waals surface area (Å²) in [6, 6.07) is -1.58. The molecule has 0 amide bonds. The molecule has 6 heteroatoms. The van der Waals surface area contributed by atoms with Crippen molar-refractivity contribution in [3.63, 3.8) is 0 Å². The van der Waals surface area contributed by atoms with Crippen LogP contribution in [-0.2, 0) is 9.59 Å². The molecular formula is C5H4N2O4. The summed E-state index contributed by atoms with van der Waals surface area (Å²) in [6.45, 7) is 0. The molecule has 0 saturated carbocycles. The highest BCUT2D eigenvalue weighted by molar-refractivity contribution is 6.10. The molecule has 1 aliphatic heterocycles. The van der Waals surface area contributed by atoms with Gasteiger partial charge in [0.15, 0.2) is 5.76 Å². The molecule has 6 nitrogen and oxygen atoms in total. The van der Waals surface area contributed by atoms with Crippen LogP contribution < -0.4 is 0 Å². The quantitative estimate of drug-likeness (QED) is 0.516. The number of carboxylic acid groups (broad SMARTS) is 1. The largest absolute Gasteiger partial charge is 0.503 e. The number of azo groups is 1. The summed E-state index contributed by atoms with van der Waals surface area (Å²) < 4.78 is 0. The summed E-state index contributed by atoms with van der Waals surface area (Å²) in [7, 11) is 0. The zero-order chi connectivity index (χ0) is 8.43. The van der Waals surface area contributed by atoms with Gasteiger partial charge in [-0.2, -0.15) is 10.2 Å². The van der Waals surface area contributed by atoms with Crippen molar-refractivity contribution in [2.24, 2.45) is 10.2 Å². The van der Waals surface area contributed by atoms with Crippen LogP contribution in [0.4, 0.5) is 0 Å². The molecule has 1 unspecified atom stereocenters. The van der Waals surface area contributed by atoms with Crippen molar-refractivity contribution in [2.75, 3.05) is 0 Å². The number of aliphatic hydroxyl groups excluding tert-OH is 1. The first-order valence-corrected chi connectivity index (χ1v) is 2.69. The Morgan fingerprint density at radius 1 is 1.64 bits per heavy atom. The summed E-state index contributed by atoms with van der Waals surface area (Å²) in [5.74, 6) is -3.03. The van der Waals surface area contributed by atoms with Gasteiger partial charge in [0.25, 0.3) is 0 Å². The van der Waals surface area contributed by atoms with Crippen molar-refractivity contribution < 1.29 is 19.8 Å². The smallest absolute Gasteiger partial charge is 0.338 e. The number of hydrogen-bond donors (Lipinski definition) is 2. The van der Waals surface area contributed by atoms with Gasteiger partial charge in [-0.05, 0) is 0 Å². The molecule has 0 aromatic carbocycles. The SMILES string of the molecule is O=C(O)C1N=NC=C(O)C1=O. The standard InChI is InChI=1S/C5H4N2O4/c8-2-1-6-7-3(4(2)9)5(10)11/h1,3,8H,(H,10,11). The van der Waals surface area contributed by atoms with Gasteiger partial charge in [0.05, 0.1) is 6.20 Å². The van der Waals surface area contributed by atoms with E-state index in [0.717, 1.165) is 6.20 Å². The molecule has 0 bridgehead atoms. The molecule has 1 rings (SSSR count). The van der Waals surface area contributed by atoms with Gasteiger partial charge in [-0.1, -0.05) is 0 Å². The maximum atomic E-state index is 10.7. The highest BCUT2D eigenvalue weighted by atomic mass is 16.4. The number of carbonyl (C=O) groups is 2. The molecule has 1 atom stereocenters. The number of aliphatic carboxylic acids is 1. The van der Waals surface area contributed by atoms with Crippen molar-refractivity contribution in [3.05, 3.63) is 12.0 Å². The monoisotopic (exact) mass is 156 g/mol. The third-order valence-electron chi connectivity index (χ3n) is 1.10. The summed E-state index contributed by atoms with van der Waals surface area (Å²) in [5.41, 5.74) is 0. The van der Waals surface area contributed by atoms with E-state index < -0.39 is 23.6 Å². The van der Waals surface area contributed by atoms with Gasteiger partial charge in [-0.3, -0.25) is 4.79 Å². The molecule has 58 valence electrons. The molecule has 0 spiro atoms. The lowest BCUT2D eigenvalue weighted by Crippen LogP contribution is -2.30. The van der Waals surface area contributed by atoms with E-state index in [0.29, 0.717) is 0 Å². The average molecular weight is 156 g/mol. The Bertz CT molecular complexity index is 268. The van der Waals surface area contributed by atoms with E-state index >= 15 is 0 Å². The van der Waals surface area contributed by atoms with Gasteiger partial charge in [0.1, 0.15) is 0 Å². The lowest BCUT2D eigenvalue weighted by Gasteiger charge is -2.06. The van der Waals surface area contributed by atoms with Crippen LogP contribution in [0.1, 0.15) is 0 Å². The first-order chi connectivity index (χ1) is 5.13. The first-order valence-electron chi connectivity index (χ1n) is 2.69. The number of Topliss-reactive ketones (excluding diaryl/α,β-unsaturated/α-hetero) is 1. The van der Waals surface area contributed by atoms with Crippen LogP contribution in [0, 0.1) is 0 Å². The maximum Gasteiger partial charge on any atom is 0.338 e. The lowest BCUT2D eigenvalue weighted by atomic mass is 10.1. The molecular weight excluding hydrogens is 152 g/mol. The Hall–Kier alpha value is -1.72. The third-order valence-corrected chi connectivity index (χ3v) is 1.10. The van der Waals surface area contributed by atoms with Crippen LogP contribution in [0.5, 0.6) is 0 Å². The van der Waals surface area contributed by atoms with Gasteiger partial charge < -0.3 is 10.2 Å². The van der Waals surface area contributed by atoms with Gasteiger partial charge >= 0.3 is 5.97 Å². The Labute approximate surface area is 60.9 Å². The summed E-state index contributed by atoms with van der Waals surface area (Å²) >= 11 is 0. The number of hydrogen-bond acceptors (Lipinski definition) is 5. The van der Waals surface area contributed by atoms with E-state index in [2.05, 4.69) is 10.2 Å². The fourth-order valence-corrected chi connectivity index (χ4v) is 0.572. The predicted octanol–water partition coefficient (Wildman–Crippen LogP) is -0.126. The minimum absolute atomic E-state index is 0.674. The van der Waals surface area contributed by atoms with Crippen LogP contribution >= 0.6 is 0 Å². The van der Waals surface area contributed by atoms with E-state index in [9.17, 15) is 9.59 Å². The topological polar surface area (TPSA) is 99.3 Å². The van der Waals surface area contributed by atoms with Crippen LogP contribution in [0.15, 0.2) is 22.2 Å². The second-order valence-corrected chi connectivity index (χ2v) is 1.85. The molecule has 0 aliphatic carbocycles. The van der Waals surface area contributed by atoms with E-state index in [1.807, 2.05) is 0 Å². The Morgan fingerprint density at radius 2 is 2.27 bits per heavy atom. The van der Waals surface area contributed by atoms with Crippen molar-refractivity contribution >= 4 is 11.8 Å². The van der Waals surface area contributed by atoms with E-state index in [-0.39, 0.29) is 0 Å². The molecule has 0 aromatic heterocycles. The number of rotatable bonds is 1. The second kappa shape index (κ2) is 2.49. The minimum atomic E-state index is -1.58. The molecule has 0 aromatic rings. The van der Waals surface area contributed by atoms with Gasteiger partial charge in [-0.15, -0.1) is 0 Å². The van der Waals surface area contributed by atoms with Gasteiger partial charge in [0.2, 0.25) is 11.8 Å². The maximum absolute atomic E-state index is 10.7. The van der Waals surface area contributed by atoms with Crippen molar-refractivity contribution in [3.8, 4) is 0 Å². The summed E-state index contributed by atoms with van der Waals surface area (Å²) in [6.07, 6.45) is 0.807. The van der Waals surface area contributed by atoms with Crippen LogP contribution in [0.2, 0.25) is 0 Å². The molecule has 0 radical (unpaired) electrons. The minimum Gasteiger partial charge on any atom is -0.503 e. The van der Waals surface area contributed by atoms with E-state index in [4.69, 9.17) is 10.2 Å². The van der Waals surface area contributed by atoms with Gasteiger partial charge in [0, 0.05) is 0 Å². The normalized spacial score (nSPS) is 23.1. The molecule has 0 fully saturated rings. The number of ketones is 1. The van der Waals surface area contributed by atoms with Crippen LogP contribution in [-0.4, -0.2) is 28.0 Å². The van der Waals surface area contributed by atoms with Crippen molar-refractivity contribution in [1.82, 2.24) is 0 Å². The molecule has 1 aliphatic rings. The number of carboxylic acids is 1. The molecule has 2 N–H and O–H groups in total. The second-order valence-electron chi connectivity index (χ2n) is 1.85. The van der Waals surface area contributed by atoms with Crippen molar-refractivity contribution in [1.29, 1.82) is 0 Å². The Kier molecular flexibility index (Phi) is 1.67. The fourth-order valence-electron chi connectivity index (χ4n) is 0.572. The fraction of sp³-hybridized carbons (Fsp3) is 0.200. The highest BCUT2D eigenvalue weighted by Gasteiger charge is 2.30. The predicted molar refractivity (Wildman–Crippen MR) is 32.0 cm³/mol. The van der Waals surface area contributed by atoms with E-state index in [1.54, 1.807) is 0 Å². The summed E-state index contributed by atoms with van der Waals surface area (Å²) in [4.78, 5) is 20.9. The molecule has 11 heavy (non-hydrogen) atoms. The first kappa shape index (κ1) is 7.39. The number of nitrogens with zero attached hydrogens (tertiary/aromatic N) is 2. The third kappa shape index (κ3) is 1.23. The summed E-state index contributed by atoms with van der Waals surface area (Å²) in [5, 5.41) is 23.2. The van der Waals surface area contributed by atoms with Crippen LogP contribution in [0.25, 0.3) is 0 Å². The Balaban J connectivity index is 2.90. The molecule has 0 saturated heterocycles. The highest BCUT2D eigenvalue weighted by Crippen LogP contribution is 2.08. The average Bonchev–Trinajstić information content (AvgIpc) is 1.94. The zero-order valence-electron chi connectivity index (χ0n) is 5.26. The number of carbonyl (C=O) groups excluding carboxylic acids is 1.